The van der Waals surface area contributed by atoms with Crippen molar-refractivity contribution in [3.63, 3.8) is 0 Å². The summed E-state index contributed by atoms with van der Waals surface area (Å²) in [6.45, 7) is 3.76. The van der Waals surface area contributed by atoms with E-state index < -0.39 is 5.82 Å². The average Bonchev–Trinajstić information content (AvgIpc) is 2.14. The van der Waals surface area contributed by atoms with E-state index in [1.807, 2.05) is 13.8 Å². The zero-order valence-corrected chi connectivity index (χ0v) is 8.07. The number of aryl methyl sites for hydroxylation is 2. The van der Waals surface area contributed by atoms with E-state index >= 15 is 0 Å². The van der Waals surface area contributed by atoms with Gasteiger partial charge in [0.25, 0.3) is 0 Å². The maximum Gasteiger partial charge on any atom is 0.131 e. The molecule has 0 N–H and O–H groups in total. The highest BCUT2D eigenvalue weighted by atomic mass is 19.1. The second-order valence-electron chi connectivity index (χ2n) is 3.49. The van der Waals surface area contributed by atoms with Crippen LogP contribution in [0.2, 0.25) is 0 Å². The van der Waals surface area contributed by atoms with Crippen LogP contribution in [0, 0.1) is 25.5 Å². The van der Waals surface area contributed by atoms with Gasteiger partial charge in [-0.25, -0.2) is 8.78 Å². The van der Waals surface area contributed by atoms with Gasteiger partial charge in [-0.3, -0.25) is 0 Å². The first-order valence-electron chi connectivity index (χ1n) is 4.44. The van der Waals surface area contributed by atoms with E-state index in [-0.39, 0.29) is 5.82 Å². The first kappa shape index (κ1) is 9.13. The van der Waals surface area contributed by atoms with Crippen molar-refractivity contribution >= 4 is 10.8 Å². The number of halogens is 2. The predicted octanol–water partition coefficient (Wildman–Crippen LogP) is 3.73. The van der Waals surface area contributed by atoms with E-state index in [0.29, 0.717) is 5.39 Å². The maximum atomic E-state index is 13.4. The molecule has 72 valence electrons. The second kappa shape index (κ2) is 3.05. The molecule has 0 radical (unpaired) electrons. The lowest BCUT2D eigenvalue weighted by molar-refractivity contribution is 0.621. The highest BCUT2D eigenvalue weighted by Gasteiger charge is 2.06. The van der Waals surface area contributed by atoms with Gasteiger partial charge in [0, 0.05) is 5.39 Å². The van der Waals surface area contributed by atoms with Gasteiger partial charge >= 0.3 is 0 Å². The molecule has 0 aromatic heterocycles. The molecular formula is C12H10F2. The number of benzene rings is 2. The van der Waals surface area contributed by atoms with Crippen LogP contribution < -0.4 is 0 Å². The lowest BCUT2D eigenvalue weighted by Crippen LogP contribution is -1.89. The Hall–Kier alpha value is -1.44. The highest BCUT2D eigenvalue weighted by Crippen LogP contribution is 2.25. The fourth-order valence-electron chi connectivity index (χ4n) is 1.63. The van der Waals surface area contributed by atoms with Crippen molar-refractivity contribution in [2.75, 3.05) is 0 Å². The third kappa shape index (κ3) is 1.27. The Kier molecular flexibility index (Phi) is 1.99. The van der Waals surface area contributed by atoms with Crippen molar-refractivity contribution in [3.05, 3.63) is 47.0 Å². The maximum absolute atomic E-state index is 13.4. The average molecular weight is 192 g/mol. The Balaban J connectivity index is 2.94. The Labute approximate surface area is 81.2 Å². The fourth-order valence-corrected chi connectivity index (χ4v) is 1.63. The number of hydrogen-bond donors (Lipinski definition) is 0. The fraction of sp³-hybridized carbons (Fsp3) is 0.167. The van der Waals surface area contributed by atoms with Gasteiger partial charge in [-0.05, 0) is 48.6 Å². The first-order valence-corrected chi connectivity index (χ1v) is 4.44. The van der Waals surface area contributed by atoms with Crippen molar-refractivity contribution < 1.29 is 8.78 Å². The molecule has 0 atom stereocenters. The van der Waals surface area contributed by atoms with Crippen LogP contribution in [0.4, 0.5) is 8.78 Å². The van der Waals surface area contributed by atoms with E-state index in [1.54, 1.807) is 6.07 Å². The molecule has 0 amide bonds. The van der Waals surface area contributed by atoms with Crippen molar-refractivity contribution in [1.29, 1.82) is 0 Å². The molecule has 0 aliphatic carbocycles. The molecule has 2 aromatic carbocycles. The van der Waals surface area contributed by atoms with Crippen LogP contribution in [0.5, 0.6) is 0 Å². The number of fused-ring (bicyclic) bond motifs is 1. The molecule has 2 rings (SSSR count). The van der Waals surface area contributed by atoms with Gasteiger partial charge in [-0.15, -0.1) is 0 Å². The van der Waals surface area contributed by atoms with Crippen LogP contribution in [-0.2, 0) is 0 Å². The van der Waals surface area contributed by atoms with Crippen LogP contribution in [0.15, 0.2) is 24.3 Å². The molecule has 0 saturated carbocycles. The van der Waals surface area contributed by atoms with Crippen LogP contribution in [-0.4, -0.2) is 0 Å². The highest BCUT2D eigenvalue weighted by molar-refractivity contribution is 5.87. The molecular weight excluding hydrogens is 182 g/mol. The minimum atomic E-state index is -0.403. The number of rotatable bonds is 0. The number of hydrogen-bond acceptors (Lipinski definition) is 0. The summed E-state index contributed by atoms with van der Waals surface area (Å²) in [6, 6.07) is 5.65. The Morgan fingerprint density at radius 1 is 0.929 bits per heavy atom. The van der Waals surface area contributed by atoms with Gasteiger partial charge in [0.2, 0.25) is 0 Å². The lowest BCUT2D eigenvalue weighted by Gasteiger charge is -2.06. The van der Waals surface area contributed by atoms with E-state index in [2.05, 4.69) is 0 Å². The summed E-state index contributed by atoms with van der Waals surface area (Å²) in [5.41, 5.74) is 1.89. The molecule has 14 heavy (non-hydrogen) atoms. The molecule has 0 unspecified atom stereocenters. The van der Waals surface area contributed by atoms with Crippen molar-refractivity contribution in [2.24, 2.45) is 0 Å². The summed E-state index contributed by atoms with van der Waals surface area (Å²) >= 11 is 0. The molecule has 0 saturated heterocycles. The zero-order chi connectivity index (χ0) is 10.3. The Bertz CT molecular complexity index is 501. The summed E-state index contributed by atoms with van der Waals surface area (Å²) in [5, 5.41) is 1.14. The van der Waals surface area contributed by atoms with E-state index in [0.717, 1.165) is 16.5 Å². The Morgan fingerprint density at radius 2 is 1.64 bits per heavy atom. The third-order valence-electron chi connectivity index (χ3n) is 2.58. The largest absolute Gasteiger partial charge is 0.207 e. The van der Waals surface area contributed by atoms with Gasteiger partial charge in [0.1, 0.15) is 11.6 Å². The van der Waals surface area contributed by atoms with Gasteiger partial charge in [0.15, 0.2) is 0 Å². The third-order valence-corrected chi connectivity index (χ3v) is 2.58. The van der Waals surface area contributed by atoms with Crippen LogP contribution in [0.25, 0.3) is 10.8 Å². The van der Waals surface area contributed by atoms with E-state index in [9.17, 15) is 8.78 Å². The summed E-state index contributed by atoms with van der Waals surface area (Å²) in [7, 11) is 0. The summed E-state index contributed by atoms with van der Waals surface area (Å²) in [4.78, 5) is 0. The first-order chi connectivity index (χ1) is 6.59. The van der Waals surface area contributed by atoms with Crippen molar-refractivity contribution in [1.82, 2.24) is 0 Å². The molecule has 0 bridgehead atoms. The summed E-state index contributed by atoms with van der Waals surface area (Å²) < 4.78 is 26.3. The van der Waals surface area contributed by atoms with Crippen LogP contribution in [0.1, 0.15) is 11.1 Å². The van der Waals surface area contributed by atoms with Crippen molar-refractivity contribution in [3.8, 4) is 0 Å². The van der Waals surface area contributed by atoms with E-state index in [1.165, 1.54) is 18.2 Å². The molecule has 0 aliphatic rings. The topological polar surface area (TPSA) is 0 Å². The molecule has 0 nitrogen and oxygen atoms in total. The lowest BCUT2D eigenvalue weighted by atomic mass is 10.0. The minimum absolute atomic E-state index is 0.355. The quantitative estimate of drug-likeness (QED) is 0.596. The van der Waals surface area contributed by atoms with Crippen LogP contribution in [0.3, 0.4) is 0 Å². The van der Waals surface area contributed by atoms with Crippen molar-refractivity contribution in [2.45, 2.75) is 13.8 Å². The predicted molar refractivity (Wildman–Crippen MR) is 53.3 cm³/mol. The van der Waals surface area contributed by atoms with Gasteiger partial charge in [-0.2, -0.15) is 0 Å². The smallest absolute Gasteiger partial charge is 0.131 e. The molecule has 0 heterocycles. The summed E-state index contributed by atoms with van der Waals surface area (Å²) in [5.74, 6) is -0.762. The molecule has 0 spiro atoms. The van der Waals surface area contributed by atoms with E-state index in [4.69, 9.17) is 0 Å². The SMILES string of the molecule is Cc1cc(F)c2cc(F)ccc2c1C. The zero-order valence-electron chi connectivity index (χ0n) is 8.07. The van der Waals surface area contributed by atoms with Gasteiger partial charge in [-0.1, -0.05) is 6.07 Å². The minimum Gasteiger partial charge on any atom is -0.207 e. The van der Waals surface area contributed by atoms with Gasteiger partial charge < -0.3 is 0 Å². The standard InChI is InChI=1S/C12H10F2/c1-7-5-12(14)11-6-9(13)3-4-10(11)8(7)2/h3-6H,1-2H3. The normalized spacial score (nSPS) is 10.9. The molecule has 2 heteroatoms. The monoisotopic (exact) mass is 192 g/mol. The van der Waals surface area contributed by atoms with Gasteiger partial charge in [0.05, 0.1) is 0 Å². The second-order valence-corrected chi connectivity index (χ2v) is 3.49. The summed E-state index contributed by atoms with van der Waals surface area (Å²) in [6.07, 6.45) is 0. The Morgan fingerprint density at radius 3 is 2.36 bits per heavy atom. The van der Waals surface area contributed by atoms with Crippen LogP contribution >= 0.6 is 0 Å². The molecule has 2 aromatic rings. The molecule has 0 aliphatic heterocycles. The molecule has 0 fully saturated rings.